The highest BCUT2D eigenvalue weighted by Crippen LogP contribution is 2.13. The lowest BCUT2D eigenvalue weighted by Crippen LogP contribution is -2.12. The van der Waals surface area contributed by atoms with E-state index in [1.54, 1.807) is 34.9 Å². The molecule has 0 aliphatic heterocycles. The molecular weight excluding hydrogens is 278 g/mol. The first kappa shape index (κ1) is 14.0. The van der Waals surface area contributed by atoms with Crippen LogP contribution in [0.4, 0.5) is 5.69 Å². The maximum atomic E-state index is 12.2. The van der Waals surface area contributed by atoms with Crippen molar-refractivity contribution < 1.29 is 9.59 Å². The molecule has 1 amide bonds. The maximum Gasteiger partial charge on any atom is 0.275 e. The summed E-state index contributed by atoms with van der Waals surface area (Å²) >= 11 is 0. The zero-order valence-electron chi connectivity index (χ0n) is 12.3. The minimum Gasteiger partial charge on any atom is -0.321 e. The maximum absolute atomic E-state index is 12.2. The average Bonchev–Trinajstić information content (AvgIpc) is 2.91. The molecule has 0 radical (unpaired) electrons. The molecule has 0 saturated carbocycles. The molecule has 2 heterocycles. The first-order valence-electron chi connectivity index (χ1n) is 6.90. The number of pyridine rings is 1. The average molecular weight is 293 g/mol. The summed E-state index contributed by atoms with van der Waals surface area (Å²) < 4.78 is 1.81. The molecule has 1 N–H and O–H groups in total. The van der Waals surface area contributed by atoms with Crippen molar-refractivity contribution in [3.05, 3.63) is 65.6 Å². The molecule has 0 unspecified atom stereocenters. The van der Waals surface area contributed by atoms with E-state index in [4.69, 9.17) is 0 Å². The van der Waals surface area contributed by atoms with Crippen LogP contribution in [0.15, 0.2) is 48.8 Å². The minimum absolute atomic E-state index is 0.00593. The molecule has 0 saturated heterocycles. The van der Waals surface area contributed by atoms with Crippen LogP contribution in [-0.4, -0.2) is 21.1 Å². The van der Waals surface area contributed by atoms with Crippen LogP contribution in [0.5, 0.6) is 0 Å². The number of rotatable bonds is 3. The highest BCUT2D eigenvalue weighted by Gasteiger charge is 2.11. The highest BCUT2D eigenvalue weighted by molar-refractivity contribution is 6.03. The Kier molecular flexibility index (Phi) is 3.47. The van der Waals surface area contributed by atoms with Gasteiger partial charge in [-0.1, -0.05) is 0 Å². The van der Waals surface area contributed by atoms with Crippen molar-refractivity contribution in [2.24, 2.45) is 0 Å². The third-order valence-corrected chi connectivity index (χ3v) is 3.40. The summed E-state index contributed by atoms with van der Waals surface area (Å²) in [5.41, 5.74) is 3.41. The lowest BCUT2D eigenvalue weighted by atomic mass is 10.1. The summed E-state index contributed by atoms with van der Waals surface area (Å²) in [6.45, 7) is 3.48. The fourth-order valence-electron chi connectivity index (χ4n) is 2.18. The standard InChI is InChI=1S/C17H15N3O2/c1-11-7-8-20-10-15(19-16(20)9-11)17(22)18-14-5-3-13(4-6-14)12(2)21/h3-10H,1-2H3,(H,18,22). The van der Waals surface area contributed by atoms with Crippen molar-refractivity contribution >= 4 is 23.0 Å². The van der Waals surface area contributed by atoms with Crippen molar-refractivity contribution in [2.75, 3.05) is 5.32 Å². The predicted molar refractivity (Wildman–Crippen MR) is 84.3 cm³/mol. The Balaban J connectivity index is 1.81. The van der Waals surface area contributed by atoms with Crippen molar-refractivity contribution in [1.29, 1.82) is 0 Å². The second-order valence-corrected chi connectivity index (χ2v) is 5.18. The summed E-state index contributed by atoms with van der Waals surface area (Å²) in [7, 11) is 0. The van der Waals surface area contributed by atoms with Crippen molar-refractivity contribution in [1.82, 2.24) is 9.38 Å². The Morgan fingerprint density at radius 3 is 2.55 bits per heavy atom. The molecule has 3 aromatic rings. The van der Waals surface area contributed by atoms with Crippen molar-refractivity contribution in [3.8, 4) is 0 Å². The van der Waals surface area contributed by atoms with Gasteiger partial charge in [-0.15, -0.1) is 0 Å². The zero-order chi connectivity index (χ0) is 15.7. The number of anilines is 1. The van der Waals surface area contributed by atoms with Gasteiger partial charge in [-0.25, -0.2) is 4.98 Å². The third-order valence-electron chi connectivity index (χ3n) is 3.40. The second-order valence-electron chi connectivity index (χ2n) is 5.18. The van der Waals surface area contributed by atoms with Gasteiger partial charge in [-0.05, 0) is 55.8 Å². The van der Waals surface area contributed by atoms with Crippen LogP contribution >= 0.6 is 0 Å². The number of nitrogens with zero attached hydrogens (tertiary/aromatic N) is 2. The van der Waals surface area contributed by atoms with Gasteiger partial charge in [0.15, 0.2) is 5.78 Å². The normalized spacial score (nSPS) is 10.6. The van der Waals surface area contributed by atoms with Gasteiger partial charge >= 0.3 is 0 Å². The number of aromatic nitrogens is 2. The number of hydrogen-bond donors (Lipinski definition) is 1. The summed E-state index contributed by atoms with van der Waals surface area (Å²) in [5.74, 6) is -0.287. The number of imidazole rings is 1. The number of carbonyl (C=O) groups is 2. The fraction of sp³-hybridized carbons (Fsp3) is 0.118. The van der Waals surface area contributed by atoms with Crippen LogP contribution in [0, 0.1) is 6.92 Å². The molecular formula is C17H15N3O2. The molecule has 5 heteroatoms. The van der Waals surface area contributed by atoms with Gasteiger partial charge in [0.25, 0.3) is 5.91 Å². The van der Waals surface area contributed by atoms with Crippen molar-refractivity contribution in [2.45, 2.75) is 13.8 Å². The fourth-order valence-corrected chi connectivity index (χ4v) is 2.18. The quantitative estimate of drug-likeness (QED) is 0.755. The Morgan fingerprint density at radius 1 is 1.14 bits per heavy atom. The molecule has 0 atom stereocenters. The third kappa shape index (κ3) is 2.74. The molecule has 2 aromatic heterocycles. The van der Waals surface area contributed by atoms with Crippen LogP contribution in [0.3, 0.4) is 0 Å². The number of benzene rings is 1. The van der Waals surface area contributed by atoms with E-state index >= 15 is 0 Å². The van der Waals surface area contributed by atoms with E-state index in [1.165, 1.54) is 6.92 Å². The van der Waals surface area contributed by atoms with Gasteiger partial charge in [0.2, 0.25) is 0 Å². The minimum atomic E-state index is -0.281. The first-order chi connectivity index (χ1) is 10.5. The van der Waals surface area contributed by atoms with Crippen LogP contribution in [0.2, 0.25) is 0 Å². The van der Waals surface area contributed by atoms with Crippen LogP contribution in [0.1, 0.15) is 33.3 Å². The van der Waals surface area contributed by atoms with Crippen molar-refractivity contribution in [3.63, 3.8) is 0 Å². The van der Waals surface area contributed by atoms with Gasteiger partial charge in [0, 0.05) is 23.6 Å². The molecule has 0 spiro atoms. The van der Waals surface area contributed by atoms with Crippen LogP contribution in [-0.2, 0) is 0 Å². The van der Waals surface area contributed by atoms with E-state index in [0.717, 1.165) is 11.2 Å². The summed E-state index contributed by atoms with van der Waals surface area (Å²) in [5, 5.41) is 2.77. The molecule has 0 bridgehead atoms. The lowest BCUT2D eigenvalue weighted by molar-refractivity contribution is 0.101. The molecule has 0 fully saturated rings. The monoisotopic (exact) mass is 293 g/mol. The van der Waals surface area contributed by atoms with Crippen LogP contribution < -0.4 is 5.32 Å². The predicted octanol–water partition coefficient (Wildman–Crippen LogP) is 3.10. The van der Waals surface area contributed by atoms with Gasteiger partial charge < -0.3 is 9.72 Å². The van der Waals surface area contributed by atoms with Gasteiger partial charge in [0.05, 0.1) is 0 Å². The Bertz CT molecular complexity index is 863. The van der Waals surface area contributed by atoms with Gasteiger partial charge in [-0.3, -0.25) is 9.59 Å². The Labute approximate surface area is 127 Å². The number of hydrogen-bond acceptors (Lipinski definition) is 3. The number of nitrogens with one attached hydrogen (secondary N) is 1. The van der Waals surface area contributed by atoms with E-state index in [0.29, 0.717) is 16.9 Å². The van der Waals surface area contributed by atoms with E-state index in [-0.39, 0.29) is 11.7 Å². The highest BCUT2D eigenvalue weighted by atomic mass is 16.2. The number of Topliss-reactive ketones (excluding diaryl/α,β-unsaturated/α-hetero) is 1. The second kappa shape index (κ2) is 5.44. The Hall–Kier alpha value is -2.95. The zero-order valence-corrected chi connectivity index (χ0v) is 12.3. The SMILES string of the molecule is CC(=O)c1ccc(NC(=O)c2cn3ccc(C)cc3n2)cc1. The van der Waals surface area contributed by atoms with Crippen LogP contribution in [0.25, 0.3) is 5.65 Å². The smallest absolute Gasteiger partial charge is 0.275 e. The number of fused-ring (bicyclic) bond motifs is 1. The molecule has 0 aliphatic carbocycles. The first-order valence-corrected chi connectivity index (χ1v) is 6.90. The molecule has 3 rings (SSSR count). The lowest BCUT2D eigenvalue weighted by Gasteiger charge is -2.03. The summed E-state index contributed by atoms with van der Waals surface area (Å²) in [4.78, 5) is 27.8. The van der Waals surface area contributed by atoms with E-state index < -0.39 is 0 Å². The molecule has 0 aliphatic rings. The van der Waals surface area contributed by atoms with E-state index in [9.17, 15) is 9.59 Å². The van der Waals surface area contributed by atoms with E-state index in [1.807, 2.05) is 25.3 Å². The number of ketones is 1. The molecule has 110 valence electrons. The van der Waals surface area contributed by atoms with Gasteiger partial charge in [-0.2, -0.15) is 0 Å². The number of amides is 1. The number of carbonyl (C=O) groups excluding carboxylic acids is 2. The number of aryl methyl sites for hydroxylation is 1. The van der Waals surface area contributed by atoms with Gasteiger partial charge in [0.1, 0.15) is 11.3 Å². The van der Waals surface area contributed by atoms with E-state index in [2.05, 4.69) is 10.3 Å². The molecule has 1 aromatic carbocycles. The summed E-state index contributed by atoms with van der Waals surface area (Å²) in [6, 6.07) is 10.6. The molecule has 5 nitrogen and oxygen atoms in total. The topological polar surface area (TPSA) is 63.5 Å². The largest absolute Gasteiger partial charge is 0.321 e. The Morgan fingerprint density at radius 2 is 1.86 bits per heavy atom. The molecule has 22 heavy (non-hydrogen) atoms. The summed E-state index contributed by atoms with van der Waals surface area (Å²) in [6.07, 6.45) is 3.56.